The van der Waals surface area contributed by atoms with Crippen LogP contribution in [0.15, 0.2) is 59.6 Å². The molecule has 0 saturated carbocycles. The fourth-order valence-corrected chi connectivity index (χ4v) is 4.26. The third-order valence-electron chi connectivity index (χ3n) is 5.90. The molecule has 4 rings (SSSR count). The summed E-state index contributed by atoms with van der Waals surface area (Å²) in [4.78, 5) is 19.9. The fourth-order valence-electron chi connectivity index (χ4n) is 4.26. The zero-order valence-electron chi connectivity index (χ0n) is 17.7. The Morgan fingerprint density at radius 3 is 2.55 bits per heavy atom. The van der Waals surface area contributed by atoms with Gasteiger partial charge in [0.05, 0.1) is 18.2 Å². The number of nitriles is 1. The summed E-state index contributed by atoms with van der Waals surface area (Å²) < 4.78 is 5.47. The molecule has 1 amide bonds. The third kappa shape index (κ3) is 4.70. The molecule has 2 aromatic carbocycles. The van der Waals surface area contributed by atoms with Crippen molar-refractivity contribution in [2.24, 2.45) is 10.9 Å². The van der Waals surface area contributed by atoms with Gasteiger partial charge in [-0.2, -0.15) is 5.26 Å². The van der Waals surface area contributed by atoms with Crippen molar-refractivity contribution in [3.8, 4) is 11.8 Å². The van der Waals surface area contributed by atoms with Crippen LogP contribution in [-0.4, -0.2) is 42.0 Å². The number of hydrogen-bond donors (Lipinski definition) is 2. The van der Waals surface area contributed by atoms with E-state index in [1.54, 1.807) is 0 Å². The van der Waals surface area contributed by atoms with Crippen molar-refractivity contribution < 1.29 is 9.53 Å². The summed E-state index contributed by atoms with van der Waals surface area (Å²) in [5, 5.41) is 15.7. The first-order valence-corrected chi connectivity index (χ1v) is 10.7. The molecule has 1 spiro atoms. The highest BCUT2D eigenvalue weighted by atomic mass is 16.5. The van der Waals surface area contributed by atoms with Crippen molar-refractivity contribution in [2.45, 2.75) is 31.8 Å². The first-order chi connectivity index (χ1) is 15.1. The number of aliphatic imine (C=N–C) groups is 1. The smallest absolute Gasteiger partial charge is 0.246 e. The van der Waals surface area contributed by atoms with Crippen LogP contribution >= 0.6 is 0 Å². The largest absolute Gasteiger partial charge is 0.494 e. The molecule has 0 aromatic heterocycles. The monoisotopic (exact) mass is 417 g/mol. The van der Waals surface area contributed by atoms with Crippen LogP contribution in [0.4, 0.5) is 5.69 Å². The van der Waals surface area contributed by atoms with Crippen LogP contribution in [0.25, 0.3) is 0 Å². The predicted molar refractivity (Wildman–Crippen MR) is 120 cm³/mol. The second kappa shape index (κ2) is 9.19. The molecule has 1 atom stereocenters. The maximum absolute atomic E-state index is 12.7. The van der Waals surface area contributed by atoms with E-state index in [1.807, 2.05) is 49.4 Å². The molecular weight excluding hydrogens is 390 g/mol. The molecule has 2 aliphatic rings. The number of nitrogens with zero attached hydrogens (tertiary/aromatic N) is 3. The number of ether oxygens (including phenoxy) is 1. The number of likely N-dealkylation sites (tertiary alicyclic amines) is 1. The number of benzene rings is 2. The third-order valence-corrected chi connectivity index (χ3v) is 5.90. The molecule has 1 saturated heterocycles. The molecule has 0 bridgehead atoms. The normalized spacial score (nSPS) is 20.5. The molecule has 31 heavy (non-hydrogen) atoms. The van der Waals surface area contributed by atoms with Gasteiger partial charge in [0.25, 0.3) is 0 Å². The second-order valence-corrected chi connectivity index (χ2v) is 7.96. The van der Waals surface area contributed by atoms with E-state index in [2.05, 4.69) is 33.7 Å². The highest BCUT2D eigenvalue weighted by Crippen LogP contribution is 2.36. The molecule has 7 nitrogen and oxygen atoms in total. The Labute approximate surface area is 182 Å². The van der Waals surface area contributed by atoms with Gasteiger partial charge in [-0.25, -0.2) is 4.99 Å². The van der Waals surface area contributed by atoms with E-state index in [0.717, 1.165) is 31.1 Å². The molecule has 2 N–H and O–H groups in total. The van der Waals surface area contributed by atoms with Crippen LogP contribution < -0.4 is 15.4 Å². The van der Waals surface area contributed by atoms with E-state index in [1.165, 1.54) is 5.56 Å². The Morgan fingerprint density at radius 2 is 1.90 bits per heavy atom. The minimum atomic E-state index is -0.780. The zero-order valence-corrected chi connectivity index (χ0v) is 17.7. The first kappa shape index (κ1) is 20.9. The van der Waals surface area contributed by atoms with E-state index in [9.17, 15) is 10.1 Å². The summed E-state index contributed by atoms with van der Waals surface area (Å²) in [5.74, 6) is 0.117. The van der Waals surface area contributed by atoms with Crippen LogP contribution in [0.1, 0.15) is 25.3 Å². The lowest BCUT2D eigenvalue weighted by atomic mass is 9.76. The number of carbonyl (C=O) groups is 1. The summed E-state index contributed by atoms with van der Waals surface area (Å²) in [6.45, 7) is 4.99. The summed E-state index contributed by atoms with van der Waals surface area (Å²) in [6, 6.07) is 20.0. The minimum absolute atomic E-state index is 0.289. The number of rotatable bonds is 5. The Balaban J connectivity index is 1.48. The lowest BCUT2D eigenvalue weighted by Crippen LogP contribution is -2.58. The van der Waals surface area contributed by atoms with E-state index in [4.69, 9.17) is 9.73 Å². The van der Waals surface area contributed by atoms with Gasteiger partial charge in [-0.05, 0) is 49.6 Å². The van der Waals surface area contributed by atoms with Crippen LogP contribution in [0.5, 0.6) is 5.75 Å². The van der Waals surface area contributed by atoms with Gasteiger partial charge in [0.15, 0.2) is 5.92 Å². The minimum Gasteiger partial charge on any atom is -0.494 e. The topological polar surface area (TPSA) is 89.8 Å². The lowest BCUT2D eigenvalue weighted by Gasteiger charge is -2.43. The molecule has 160 valence electrons. The Hall–Kier alpha value is -3.37. The molecular formula is C24H27N5O2. The van der Waals surface area contributed by atoms with Crippen molar-refractivity contribution >= 4 is 17.6 Å². The highest BCUT2D eigenvalue weighted by Gasteiger charge is 2.48. The van der Waals surface area contributed by atoms with Crippen molar-refractivity contribution in [2.75, 3.05) is 25.0 Å². The molecule has 2 aliphatic heterocycles. The first-order valence-electron chi connectivity index (χ1n) is 10.7. The summed E-state index contributed by atoms with van der Waals surface area (Å²) >= 11 is 0. The van der Waals surface area contributed by atoms with Crippen molar-refractivity contribution in [3.05, 3.63) is 60.2 Å². The fraction of sp³-hybridized carbons (Fsp3) is 0.375. The number of amides is 1. The molecule has 0 unspecified atom stereocenters. The van der Waals surface area contributed by atoms with Crippen LogP contribution in [0, 0.1) is 17.2 Å². The lowest BCUT2D eigenvalue weighted by molar-refractivity contribution is -0.125. The Bertz CT molecular complexity index is 973. The average molecular weight is 418 g/mol. The standard InChI is InChI=1S/C24H27N5O2/c1-2-31-20-10-8-19(9-11-20)26-23-27-22(30)21(16-25)24(28-23)12-14-29(15-13-24)17-18-6-4-3-5-7-18/h3-11,21H,2,12-15,17H2,1H3,(H2,26,27,28,30)/t21-/m1/s1. The Morgan fingerprint density at radius 1 is 1.19 bits per heavy atom. The number of nitrogens with one attached hydrogen (secondary N) is 2. The average Bonchev–Trinajstić information content (AvgIpc) is 2.78. The van der Waals surface area contributed by atoms with Crippen molar-refractivity contribution in [3.63, 3.8) is 0 Å². The molecule has 2 heterocycles. The molecule has 0 aliphatic carbocycles. The van der Waals surface area contributed by atoms with Gasteiger partial charge in [-0.3, -0.25) is 15.0 Å². The molecule has 7 heteroatoms. The number of piperidine rings is 1. The van der Waals surface area contributed by atoms with E-state index in [-0.39, 0.29) is 5.91 Å². The van der Waals surface area contributed by atoms with Gasteiger partial charge < -0.3 is 10.1 Å². The second-order valence-electron chi connectivity index (χ2n) is 7.96. The number of guanidine groups is 1. The molecule has 1 fully saturated rings. The van der Waals surface area contributed by atoms with Crippen molar-refractivity contribution in [1.82, 2.24) is 10.2 Å². The van der Waals surface area contributed by atoms with E-state index in [0.29, 0.717) is 25.4 Å². The van der Waals surface area contributed by atoms with Gasteiger partial charge >= 0.3 is 0 Å². The highest BCUT2D eigenvalue weighted by molar-refractivity contribution is 6.07. The summed E-state index contributed by atoms with van der Waals surface area (Å²) in [7, 11) is 0. The maximum Gasteiger partial charge on any atom is 0.246 e. The van der Waals surface area contributed by atoms with Gasteiger partial charge in [-0.15, -0.1) is 0 Å². The van der Waals surface area contributed by atoms with Crippen molar-refractivity contribution in [1.29, 1.82) is 5.26 Å². The van der Waals surface area contributed by atoms with Crippen LogP contribution in [0.3, 0.4) is 0 Å². The molecule has 2 aromatic rings. The SMILES string of the molecule is CCOc1ccc(NC2=NC3(CCN(Cc4ccccc4)CC3)[C@H](C#N)C(=O)N2)cc1. The van der Waals surface area contributed by atoms with Gasteiger partial charge in [0, 0.05) is 25.3 Å². The predicted octanol–water partition coefficient (Wildman–Crippen LogP) is 3.16. The summed E-state index contributed by atoms with van der Waals surface area (Å²) in [5.41, 5.74) is 1.37. The Kier molecular flexibility index (Phi) is 6.19. The summed E-state index contributed by atoms with van der Waals surface area (Å²) in [6.07, 6.45) is 1.33. The van der Waals surface area contributed by atoms with Crippen LogP contribution in [-0.2, 0) is 11.3 Å². The number of hydrogen-bond acceptors (Lipinski definition) is 6. The van der Waals surface area contributed by atoms with Crippen LogP contribution in [0.2, 0.25) is 0 Å². The van der Waals surface area contributed by atoms with Gasteiger partial charge in [0.1, 0.15) is 5.75 Å². The van der Waals surface area contributed by atoms with E-state index < -0.39 is 11.5 Å². The number of anilines is 1. The van der Waals surface area contributed by atoms with Gasteiger partial charge in [0.2, 0.25) is 11.9 Å². The quantitative estimate of drug-likeness (QED) is 0.780. The molecule has 0 radical (unpaired) electrons. The number of carbonyl (C=O) groups excluding carboxylic acids is 1. The zero-order chi connectivity index (χ0) is 21.7. The maximum atomic E-state index is 12.7. The van der Waals surface area contributed by atoms with Gasteiger partial charge in [-0.1, -0.05) is 30.3 Å². The van der Waals surface area contributed by atoms with E-state index >= 15 is 0 Å².